The van der Waals surface area contributed by atoms with Gasteiger partial charge in [0.15, 0.2) is 0 Å². The number of amides is 1. The van der Waals surface area contributed by atoms with E-state index in [4.69, 9.17) is 10.2 Å². The Kier molecular flexibility index (Phi) is 5.21. The molecule has 1 fully saturated rings. The highest BCUT2D eigenvalue weighted by Gasteiger charge is 2.40. The standard InChI is InChI=1S/C10H17F3N2O3/c11-10(12,13)8(5-16)14-6-1-3-7(4-2-6)15-9(17)18/h6-8,14-16H,1-5H2,(H,17,18)/t6-,7+,8-/m1/s1. The summed E-state index contributed by atoms with van der Waals surface area (Å²) in [6.07, 6.45) is -3.67. The summed E-state index contributed by atoms with van der Waals surface area (Å²) in [6, 6.07) is -2.44. The number of hydrogen-bond acceptors (Lipinski definition) is 3. The number of halogens is 3. The van der Waals surface area contributed by atoms with E-state index in [-0.39, 0.29) is 12.1 Å². The number of alkyl halides is 3. The summed E-state index contributed by atoms with van der Waals surface area (Å²) in [7, 11) is 0. The van der Waals surface area contributed by atoms with E-state index < -0.39 is 24.9 Å². The van der Waals surface area contributed by atoms with E-state index in [9.17, 15) is 18.0 Å². The lowest BCUT2D eigenvalue weighted by molar-refractivity contribution is -0.166. The second-order valence-electron chi connectivity index (χ2n) is 4.44. The van der Waals surface area contributed by atoms with Gasteiger partial charge in [-0.3, -0.25) is 0 Å². The van der Waals surface area contributed by atoms with Gasteiger partial charge in [0.1, 0.15) is 6.04 Å². The highest BCUT2D eigenvalue weighted by atomic mass is 19.4. The van der Waals surface area contributed by atoms with Crippen LogP contribution in [0.4, 0.5) is 18.0 Å². The number of carbonyl (C=O) groups is 1. The Morgan fingerprint density at radius 1 is 1.22 bits per heavy atom. The normalized spacial score (nSPS) is 26.7. The van der Waals surface area contributed by atoms with Gasteiger partial charge in [-0.2, -0.15) is 13.2 Å². The van der Waals surface area contributed by atoms with Crippen LogP contribution in [0.3, 0.4) is 0 Å². The Hall–Kier alpha value is -1.02. The molecule has 0 heterocycles. The van der Waals surface area contributed by atoms with Gasteiger partial charge < -0.3 is 20.8 Å². The lowest BCUT2D eigenvalue weighted by Gasteiger charge is -2.32. The van der Waals surface area contributed by atoms with Gasteiger partial charge in [-0.15, -0.1) is 0 Å². The highest BCUT2D eigenvalue weighted by molar-refractivity contribution is 5.64. The lowest BCUT2D eigenvalue weighted by Crippen LogP contribution is -2.51. The third-order valence-corrected chi connectivity index (χ3v) is 3.07. The maximum atomic E-state index is 12.4. The Bertz CT molecular complexity index is 278. The van der Waals surface area contributed by atoms with Crippen LogP contribution in [-0.4, -0.2) is 47.2 Å². The van der Waals surface area contributed by atoms with Gasteiger partial charge in [-0.1, -0.05) is 0 Å². The molecular weight excluding hydrogens is 253 g/mol. The largest absolute Gasteiger partial charge is 0.465 e. The van der Waals surface area contributed by atoms with Crippen LogP contribution >= 0.6 is 0 Å². The van der Waals surface area contributed by atoms with Gasteiger partial charge in [0.25, 0.3) is 0 Å². The van der Waals surface area contributed by atoms with Crippen LogP contribution in [0, 0.1) is 0 Å². The van der Waals surface area contributed by atoms with Gasteiger partial charge >= 0.3 is 12.3 Å². The first kappa shape index (κ1) is 15.0. The van der Waals surface area contributed by atoms with Gasteiger partial charge in [-0.05, 0) is 25.7 Å². The molecule has 5 nitrogen and oxygen atoms in total. The Morgan fingerprint density at radius 2 is 1.72 bits per heavy atom. The quantitative estimate of drug-likeness (QED) is 0.616. The fourth-order valence-electron chi connectivity index (χ4n) is 2.11. The summed E-state index contributed by atoms with van der Waals surface area (Å²) in [5.41, 5.74) is 0. The van der Waals surface area contributed by atoms with Crippen LogP contribution in [0.15, 0.2) is 0 Å². The van der Waals surface area contributed by atoms with Gasteiger partial charge in [-0.25, -0.2) is 4.79 Å². The minimum Gasteiger partial charge on any atom is -0.465 e. The zero-order valence-corrected chi connectivity index (χ0v) is 9.70. The molecule has 1 amide bonds. The van der Waals surface area contributed by atoms with E-state index in [1.54, 1.807) is 0 Å². The first-order valence-electron chi connectivity index (χ1n) is 5.76. The summed E-state index contributed by atoms with van der Waals surface area (Å²) in [6.45, 7) is -0.989. The first-order valence-corrected chi connectivity index (χ1v) is 5.76. The van der Waals surface area contributed by atoms with Crippen molar-refractivity contribution < 1.29 is 28.2 Å². The molecule has 0 aromatic carbocycles. The molecule has 1 aliphatic rings. The number of rotatable bonds is 4. The maximum Gasteiger partial charge on any atom is 0.406 e. The molecule has 1 aliphatic carbocycles. The molecule has 1 saturated carbocycles. The third kappa shape index (κ3) is 4.69. The average Bonchev–Trinajstić information content (AvgIpc) is 2.25. The molecule has 8 heteroatoms. The first-order chi connectivity index (χ1) is 8.32. The van der Waals surface area contributed by atoms with Crippen molar-refractivity contribution in [2.75, 3.05) is 6.61 Å². The molecule has 0 aliphatic heterocycles. The molecule has 0 spiro atoms. The van der Waals surface area contributed by atoms with Crippen molar-refractivity contribution in [2.45, 2.75) is 50.0 Å². The monoisotopic (exact) mass is 270 g/mol. The van der Waals surface area contributed by atoms with Crippen LogP contribution < -0.4 is 10.6 Å². The van der Waals surface area contributed by atoms with Crippen LogP contribution in [0.25, 0.3) is 0 Å². The molecule has 0 aromatic rings. The van der Waals surface area contributed by atoms with Crippen LogP contribution in [0.5, 0.6) is 0 Å². The van der Waals surface area contributed by atoms with Crippen molar-refractivity contribution in [1.82, 2.24) is 10.6 Å². The van der Waals surface area contributed by atoms with E-state index in [0.717, 1.165) is 0 Å². The zero-order valence-electron chi connectivity index (χ0n) is 9.70. The minimum atomic E-state index is -4.47. The number of aliphatic hydroxyl groups excluding tert-OH is 1. The fourth-order valence-corrected chi connectivity index (χ4v) is 2.11. The summed E-state index contributed by atoms with van der Waals surface area (Å²) in [5.74, 6) is 0. The lowest BCUT2D eigenvalue weighted by atomic mass is 9.91. The average molecular weight is 270 g/mol. The molecule has 4 N–H and O–H groups in total. The number of hydrogen-bond donors (Lipinski definition) is 4. The van der Waals surface area contributed by atoms with E-state index in [1.165, 1.54) is 0 Å². The minimum absolute atomic E-state index is 0.195. The summed E-state index contributed by atoms with van der Waals surface area (Å²) in [5, 5.41) is 21.9. The highest BCUT2D eigenvalue weighted by Crippen LogP contribution is 2.24. The summed E-state index contributed by atoms with van der Waals surface area (Å²) < 4.78 is 37.2. The SMILES string of the molecule is O=C(O)N[C@H]1CC[C@@H](N[C@H](CO)C(F)(F)F)CC1. The van der Waals surface area contributed by atoms with Crippen LogP contribution in [0.2, 0.25) is 0 Å². The number of aliphatic hydroxyl groups is 1. The van der Waals surface area contributed by atoms with Gasteiger partial charge in [0, 0.05) is 12.1 Å². The molecule has 0 unspecified atom stereocenters. The van der Waals surface area contributed by atoms with Crippen molar-refractivity contribution in [3.05, 3.63) is 0 Å². The zero-order chi connectivity index (χ0) is 13.8. The molecule has 1 atom stereocenters. The molecule has 106 valence electrons. The topological polar surface area (TPSA) is 81.6 Å². The van der Waals surface area contributed by atoms with Crippen molar-refractivity contribution in [3.63, 3.8) is 0 Å². The third-order valence-electron chi connectivity index (χ3n) is 3.07. The molecule has 0 radical (unpaired) electrons. The second-order valence-corrected chi connectivity index (χ2v) is 4.44. The van der Waals surface area contributed by atoms with Gasteiger partial charge in [0.2, 0.25) is 0 Å². The predicted molar refractivity (Wildman–Crippen MR) is 57.3 cm³/mol. The maximum absolute atomic E-state index is 12.4. The van der Waals surface area contributed by atoms with Crippen LogP contribution in [-0.2, 0) is 0 Å². The van der Waals surface area contributed by atoms with E-state index in [2.05, 4.69) is 10.6 Å². The second kappa shape index (κ2) is 6.24. The molecule has 0 saturated heterocycles. The van der Waals surface area contributed by atoms with Crippen LogP contribution in [0.1, 0.15) is 25.7 Å². The van der Waals surface area contributed by atoms with E-state index in [0.29, 0.717) is 25.7 Å². The summed E-state index contributed by atoms with van der Waals surface area (Å²) >= 11 is 0. The molecule has 1 rings (SSSR count). The molecular formula is C10H17F3N2O3. The van der Waals surface area contributed by atoms with Gasteiger partial charge in [0.05, 0.1) is 6.61 Å². The van der Waals surface area contributed by atoms with Crippen molar-refractivity contribution in [1.29, 1.82) is 0 Å². The number of nitrogens with one attached hydrogen (secondary N) is 2. The Morgan fingerprint density at radius 3 is 2.11 bits per heavy atom. The van der Waals surface area contributed by atoms with E-state index >= 15 is 0 Å². The molecule has 18 heavy (non-hydrogen) atoms. The van der Waals surface area contributed by atoms with Crippen molar-refractivity contribution in [3.8, 4) is 0 Å². The van der Waals surface area contributed by atoms with E-state index in [1.807, 2.05) is 0 Å². The Balaban J connectivity index is 2.37. The van der Waals surface area contributed by atoms with Crippen molar-refractivity contribution >= 4 is 6.09 Å². The summed E-state index contributed by atoms with van der Waals surface area (Å²) in [4.78, 5) is 10.4. The molecule has 0 aromatic heterocycles. The number of carboxylic acid groups (broad SMARTS) is 1. The Labute approximate surface area is 102 Å². The molecule has 0 bridgehead atoms. The predicted octanol–water partition coefficient (Wildman–Crippen LogP) is 1.08. The smallest absolute Gasteiger partial charge is 0.406 e. The fraction of sp³-hybridized carbons (Fsp3) is 0.900. The van der Waals surface area contributed by atoms with Crippen molar-refractivity contribution in [2.24, 2.45) is 0 Å².